The first-order chi connectivity index (χ1) is 16.9. The highest BCUT2D eigenvalue weighted by Crippen LogP contribution is 2.39. The Morgan fingerprint density at radius 1 is 1.09 bits per heavy atom. The fourth-order valence-electron chi connectivity index (χ4n) is 3.42. The largest absolute Gasteiger partial charge is 0.493 e. The Morgan fingerprint density at radius 3 is 2.46 bits per heavy atom. The third kappa shape index (κ3) is 5.94. The molecule has 0 N–H and O–H groups in total. The fraction of sp³-hybridized carbons (Fsp3) is 0.185. The molecule has 1 aliphatic rings. The average molecular weight is 555 g/mol. The molecular formula is C27H24BrFN2O3S. The van der Waals surface area contributed by atoms with Gasteiger partial charge in [0.1, 0.15) is 12.4 Å². The van der Waals surface area contributed by atoms with E-state index < -0.39 is 0 Å². The van der Waals surface area contributed by atoms with Gasteiger partial charge in [-0.1, -0.05) is 45.8 Å². The molecule has 8 heteroatoms. The van der Waals surface area contributed by atoms with Crippen molar-refractivity contribution in [2.75, 3.05) is 13.7 Å². The molecule has 0 aromatic heterocycles. The predicted octanol–water partition coefficient (Wildman–Crippen LogP) is 7.11. The highest BCUT2D eigenvalue weighted by Gasteiger charge is 2.32. The second-order valence-electron chi connectivity index (χ2n) is 7.83. The van der Waals surface area contributed by atoms with Crippen LogP contribution in [0.4, 0.5) is 10.1 Å². The van der Waals surface area contributed by atoms with Crippen LogP contribution < -0.4 is 9.47 Å². The number of thioether (sulfide) groups is 1. The molecular weight excluding hydrogens is 531 g/mol. The molecule has 0 saturated carbocycles. The molecule has 0 spiro atoms. The summed E-state index contributed by atoms with van der Waals surface area (Å²) in [6, 6.07) is 17.7. The van der Waals surface area contributed by atoms with Gasteiger partial charge < -0.3 is 9.47 Å². The smallest absolute Gasteiger partial charge is 0.266 e. The third-order valence-corrected chi connectivity index (χ3v) is 7.03. The summed E-state index contributed by atoms with van der Waals surface area (Å²) in [6.07, 6.45) is 1.80. The van der Waals surface area contributed by atoms with Gasteiger partial charge in [-0.05, 0) is 79.2 Å². The van der Waals surface area contributed by atoms with Crippen LogP contribution in [0, 0.1) is 12.7 Å². The number of likely N-dealkylation sites (N-methyl/N-ethyl adjacent to an activating group) is 1. The van der Waals surface area contributed by atoms with Crippen molar-refractivity contribution in [1.82, 2.24) is 4.90 Å². The van der Waals surface area contributed by atoms with Crippen LogP contribution in [0.1, 0.15) is 23.6 Å². The van der Waals surface area contributed by atoms with Crippen molar-refractivity contribution in [3.8, 4) is 11.5 Å². The fourth-order valence-corrected chi connectivity index (χ4v) is 4.91. The van der Waals surface area contributed by atoms with Gasteiger partial charge in [-0.15, -0.1) is 0 Å². The standard InChI is InChI=1S/C27H24BrFN2O3S/c1-4-31-26(32)25(35-27(31)30-21-11-9-20(29)10-12-21)14-19-13-23(33-3)24(15-22(19)28)34-16-18-7-5-17(2)6-8-18/h5-15H,4,16H2,1-3H3/b25-14+,30-27?. The van der Waals surface area contributed by atoms with Crippen molar-refractivity contribution >= 4 is 50.5 Å². The Kier molecular flexibility index (Phi) is 7.93. The molecule has 0 unspecified atom stereocenters. The second-order valence-corrected chi connectivity index (χ2v) is 9.69. The van der Waals surface area contributed by atoms with Crippen LogP contribution in [0.5, 0.6) is 11.5 Å². The Balaban J connectivity index is 1.58. The summed E-state index contributed by atoms with van der Waals surface area (Å²) in [5, 5.41) is 0.552. The maximum atomic E-state index is 13.2. The summed E-state index contributed by atoms with van der Waals surface area (Å²) in [6.45, 7) is 4.81. The average Bonchev–Trinajstić information content (AvgIpc) is 3.15. The molecule has 5 nitrogen and oxygen atoms in total. The van der Waals surface area contributed by atoms with Crippen LogP contribution in [-0.4, -0.2) is 29.6 Å². The topological polar surface area (TPSA) is 51.1 Å². The zero-order valence-corrected chi connectivity index (χ0v) is 22.0. The van der Waals surface area contributed by atoms with Crippen molar-refractivity contribution in [2.24, 2.45) is 4.99 Å². The number of aryl methyl sites for hydroxylation is 1. The summed E-state index contributed by atoms with van der Waals surface area (Å²) in [4.78, 5) is 19.7. The number of hydrogen-bond acceptors (Lipinski definition) is 5. The first kappa shape index (κ1) is 25.0. The second kappa shape index (κ2) is 11.1. The van der Waals surface area contributed by atoms with Gasteiger partial charge in [0, 0.05) is 11.0 Å². The van der Waals surface area contributed by atoms with E-state index in [0.717, 1.165) is 15.6 Å². The molecule has 0 aliphatic carbocycles. The number of nitrogens with zero attached hydrogens (tertiary/aromatic N) is 2. The molecule has 0 radical (unpaired) electrons. The summed E-state index contributed by atoms with van der Waals surface area (Å²) in [5.74, 6) is 0.697. The van der Waals surface area contributed by atoms with E-state index >= 15 is 0 Å². The van der Waals surface area contributed by atoms with E-state index in [1.807, 2.05) is 50.2 Å². The van der Waals surface area contributed by atoms with E-state index in [9.17, 15) is 9.18 Å². The van der Waals surface area contributed by atoms with Gasteiger partial charge >= 0.3 is 0 Å². The number of amidine groups is 1. The number of methoxy groups -OCH3 is 1. The predicted molar refractivity (Wildman–Crippen MR) is 143 cm³/mol. The Labute approximate surface area is 216 Å². The number of benzene rings is 3. The number of carbonyl (C=O) groups is 1. The van der Waals surface area contributed by atoms with E-state index in [2.05, 4.69) is 20.9 Å². The van der Waals surface area contributed by atoms with Gasteiger partial charge in [0.15, 0.2) is 16.7 Å². The molecule has 0 atom stereocenters. The lowest BCUT2D eigenvalue weighted by Crippen LogP contribution is -2.28. The summed E-state index contributed by atoms with van der Waals surface area (Å²) in [5.41, 5.74) is 3.61. The number of aliphatic imine (C=N–C) groups is 1. The monoisotopic (exact) mass is 554 g/mol. The summed E-state index contributed by atoms with van der Waals surface area (Å²) >= 11 is 4.88. The van der Waals surface area contributed by atoms with Crippen molar-refractivity contribution in [3.63, 3.8) is 0 Å². The summed E-state index contributed by atoms with van der Waals surface area (Å²) < 4.78 is 25.6. The number of ether oxygens (including phenoxy) is 2. The first-order valence-corrected chi connectivity index (χ1v) is 12.6. The molecule has 0 bridgehead atoms. The highest BCUT2D eigenvalue weighted by atomic mass is 79.9. The molecule has 1 amide bonds. The lowest BCUT2D eigenvalue weighted by Gasteiger charge is -2.13. The van der Waals surface area contributed by atoms with Crippen LogP contribution >= 0.6 is 27.7 Å². The Hall–Kier alpha value is -3.10. The van der Waals surface area contributed by atoms with E-state index in [-0.39, 0.29) is 11.7 Å². The first-order valence-electron chi connectivity index (χ1n) is 11.0. The van der Waals surface area contributed by atoms with E-state index in [0.29, 0.717) is 40.4 Å². The van der Waals surface area contributed by atoms with Crippen molar-refractivity contribution in [1.29, 1.82) is 0 Å². The molecule has 4 rings (SSSR count). The maximum Gasteiger partial charge on any atom is 0.266 e. The van der Waals surface area contributed by atoms with Gasteiger partial charge in [-0.3, -0.25) is 9.69 Å². The molecule has 1 fully saturated rings. The van der Waals surface area contributed by atoms with Crippen LogP contribution in [0.25, 0.3) is 6.08 Å². The number of amides is 1. The lowest BCUT2D eigenvalue weighted by molar-refractivity contribution is -0.122. The lowest BCUT2D eigenvalue weighted by atomic mass is 10.1. The van der Waals surface area contributed by atoms with Crippen molar-refractivity contribution in [3.05, 3.63) is 92.5 Å². The van der Waals surface area contributed by atoms with Gasteiger partial charge in [0.05, 0.1) is 17.7 Å². The van der Waals surface area contributed by atoms with Gasteiger partial charge in [0.2, 0.25) is 0 Å². The van der Waals surface area contributed by atoms with E-state index in [1.165, 1.54) is 29.5 Å². The quantitative estimate of drug-likeness (QED) is 0.292. The molecule has 1 aliphatic heterocycles. The minimum absolute atomic E-state index is 0.135. The van der Waals surface area contributed by atoms with Crippen LogP contribution in [-0.2, 0) is 11.4 Å². The number of rotatable bonds is 7. The van der Waals surface area contributed by atoms with Crippen LogP contribution in [0.2, 0.25) is 0 Å². The molecule has 1 heterocycles. The van der Waals surface area contributed by atoms with Crippen molar-refractivity contribution in [2.45, 2.75) is 20.5 Å². The van der Waals surface area contributed by atoms with E-state index in [4.69, 9.17) is 9.47 Å². The minimum atomic E-state index is -0.331. The van der Waals surface area contributed by atoms with Crippen molar-refractivity contribution < 1.29 is 18.7 Å². The molecule has 180 valence electrons. The zero-order chi connectivity index (χ0) is 24.9. The molecule has 1 saturated heterocycles. The Bertz CT molecular complexity index is 1290. The van der Waals surface area contributed by atoms with E-state index in [1.54, 1.807) is 30.2 Å². The number of hydrogen-bond donors (Lipinski definition) is 0. The normalized spacial score (nSPS) is 15.8. The van der Waals surface area contributed by atoms with Gasteiger partial charge in [-0.25, -0.2) is 9.38 Å². The number of halogens is 2. The molecule has 3 aromatic carbocycles. The molecule has 3 aromatic rings. The zero-order valence-electron chi connectivity index (χ0n) is 19.5. The maximum absolute atomic E-state index is 13.2. The highest BCUT2D eigenvalue weighted by molar-refractivity contribution is 9.10. The minimum Gasteiger partial charge on any atom is -0.493 e. The molecule has 35 heavy (non-hydrogen) atoms. The number of carbonyl (C=O) groups excluding carboxylic acids is 1. The summed E-state index contributed by atoms with van der Waals surface area (Å²) in [7, 11) is 1.58. The van der Waals surface area contributed by atoms with Crippen LogP contribution in [0.3, 0.4) is 0 Å². The van der Waals surface area contributed by atoms with Gasteiger partial charge in [0.25, 0.3) is 5.91 Å². The third-order valence-electron chi connectivity index (χ3n) is 5.34. The SMILES string of the molecule is CCN1C(=O)/C(=C\c2cc(OC)c(OCc3ccc(C)cc3)cc2Br)SC1=Nc1ccc(F)cc1. The van der Waals surface area contributed by atoms with Crippen LogP contribution in [0.15, 0.2) is 75.0 Å². The Morgan fingerprint density at radius 2 is 1.80 bits per heavy atom. The van der Waals surface area contributed by atoms with Gasteiger partial charge in [-0.2, -0.15) is 0 Å².